The lowest BCUT2D eigenvalue weighted by molar-refractivity contribution is -0.138. The molecule has 0 aliphatic heterocycles. The number of hydrogen-bond donors (Lipinski definition) is 0. The van der Waals surface area contributed by atoms with Gasteiger partial charge in [0, 0.05) is 12.0 Å². The van der Waals surface area contributed by atoms with Crippen LogP contribution in [0.3, 0.4) is 0 Å². The predicted molar refractivity (Wildman–Crippen MR) is 61.5 cm³/mol. The first-order valence-electron chi connectivity index (χ1n) is 4.56. The number of carbonyl (C=O) groups excluding carboxylic acids is 1. The molecule has 0 amide bonds. The van der Waals surface area contributed by atoms with E-state index in [0.29, 0.717) is 12.3 Å². The quantitative estimate of drug-likeness (QED) is 0.617. The van der Waals surface area contributed by atoms with Crippen LogP contribution in [0.5, 0.6) is 0 Å². The van der Waals surface area contributed by atoms with E-state index in [1.165, 1.54) is 6.20 Å². The first-order chi connectivity index (χ1) is 7.54. The van der Waals surface area contributed by atoms with Crippen LogP contribution < -0.4 is 0 Å². The van der Waals surface area contributed by atoms with Gasteiger partial charge in [-0.2, -0.15) is 0 Å². The van der Waals surface area contributed by atoms with Crippen LogP contribution in [-0.2, 0) is 16.0 Å². The van der Waals surface area contributed by atoms with Crippen LogP contribution >= 0.6 is 23.2 Å². The van der Waals surface area contributed by atoms with Crippen LogP contribution in [0.4, 0.5) is 0 Å². The third kappa shape index (κ3) is 3.47. The molecule has 0 saturated heterocycles. The van der Waals surface area contributed by atoms with Gasteiger partial charge < -0.3 is 4.74 Å². The van der Waals surface area contributed by atoms with E-state index in [2.05, 4.69) is 16.5 Å². The van der Waals surface area contributed by atoms with Crippen LogP contribution in [0, 0.1) is 0 Å². The van der Waals surface area contributed by atoms with Gasteiger partial charge in [0.25, 0.3) is 0 Å². The van der Waals surface area contributed by atoms with Crippen LogP contribution in [0.25, 0.3) is 0 Å². The highest BCUT2D eigenvalue weighted by Gasteiger charge is 2.12. The molecule has 0 N–H and O–H groups in total. The molecule has 0 fully saturated rings. The summed E-state index contributed by atoms with van der Waals surface area (Å²) in [5, 5.41) is 0.369. The van der Waals surface area contributed by atoms with Gasteiger partial charge in [0.05, 0.1) is 18.5 Å². The summed E-state index contributed by atoms with van der Waals surface area (Å²) >= 11 is 11.4. The first-order valence-corrected chi connectivity index (χ1v) is 5.32. The Balaban J connectivity index is 2.73. The second-order valence-corrected chi connectivity index (χ2v) is 3.68. The fourth-order valence-corrected chi connectivity index (χ4v) is 1.38. The molecule has 0 bridgehead atoms. The number of halogens is 2. The molecule has 1 aromatic rings. The van der Waals surface area contributed by atoms with Crippen LogP contribution in [0.15, 0.2) is 18.3 Å². The van der Waals surface area contributed by atoms with Crippen molar-refractivity contribution in [2.45, 2.75) is 13.3 Å². The van der Waals surface area contributed by atoms with Gasteiger partial charge in [-0.05, 0) is 6.92 Å². The number of nitrogens with zero attached hydrogens (tertiary/aromatic N) is 2. The molecule has 0 saturated carbocycles. The highest BCUT2D eigenvalue weighted by atomic mass is 35.5. The topological polar surface area (TPSA) is 52.1 Å². The van der Waals surface area contributed by atoms with Crippen molar-refractivity contribution in [1.29, 1.82) is 0 Å². The Bertz CT molecular complexity index is 421. The Morgan fingerprint density at radius 3 is 2.81 bits per heavy atom. The summed E-state index contributed by atoms with van der Waals surface area (Å²) in [4.78, 5) is 19.1. The second kappa shape index (κ2) is 5.82. The minimum absolute atomic E-state index is 0.165. The summed E-state index contributed by atoms with van der Waals surface area (Å²) in [5.41, 5.74) is 0.726. The third-order valence-electron chi connectivity index (χ3n) is 1.71. The molecule has 86 valence electrons. The number of esters is 1. The molecule has 0 aliphatic rings. The maximum atomic E-state index is 11.3. The molecular weight excluding hydrogens is 251 g/mol. The molecule has 0 unspecified atom stereocenters. The van der Waals surface area contributed by atoms with E-state index in [1.807, 2.05) is 0 Å². The Kier molecular flexibility index (Phi) is 4.71. The number of carbonyl (C=O) groups is 1. The molecule has 0 spiro atoms. The van der Waals surface area contributed by atoms with Gasteiger partial charge in [-0.3, -0.25) is 4.98 Å². The Morgan fingerprint density at radius 1 is 1.56 bits per heavy atom. The van der Waals surface area contributed by atoms with Crippen molar-refractivity contribution in [3.63, 3.8) is 0 Å². The van der Waals surface area contributed by atoms with Crippen LogP contribution in [0.2, 0.25) is 10.3 Å². The Hall–Kier alpha value is -1.13. The van der Waals surface area contributed by atoms with Crippen molar-refractivity contribution in [1.82, 2.24) is 9.97 Å². The average molecular weight is 261 g/mol. The van der Waals surface area contributed by atoms with Crippen molar-refractivity contribution in [2.24, 2.45) is 0 Å². The third-order valence-corrected chi connectivity index (χ3v) is 2.20. The normalized spacial score (nSPS) is 9.94. The van der Waals surface area contributed by atoms with Gasteiger partial charge in [-0.25, -0.2) is 9.78 Å². The summed E-state index contributed by atoms with van der Waals surface area (Å²) in [6.45, 7) is 5.62. The molecule has 1 aromatic heterocycles. The zero-order chi connectivity index (χ0) is 12.1. The minimum Gasteiger partial charge on any atom is -0.463 e. The molecule has 16 heavy (non-hydrogen) atoms. The Morgan fingerprint density at radius 2 is 2.25 bits per heavy atom. The number of hydrogen-bond acceptors (Lipinski definition) is 4. The van der Waals surface area contributed by atoms with Crippen molar-refractivity contribution in [2.75, 3.05) is 6.61 Å². The first kappa shape index (κ1) is 12.9. The predicted octanol–water partition coefficient (Wildman–Crippen LogP) is 2.45. The molecular formula is C10H10Cl2N2O2. The lowest BCUT2D eigenvalue weighted by atomic mass is 10.2. The van der Waals surface area contributed by atoms with Crippen molar-refractivity contribution >= 4 is 29.2 Å². The summed E-state index contributed by atoms with van der Waals surface area (Å²) in [5.74, 6) is -0.463. The zero-order valence-electron chi connectivity index (χ0n) is 8.67. The highest BCUT2D eigenvalue weighted by Crippen LogP contribution is 2.16. The number of aromatic nitrogens is 2. The van der Waals surface area contributed by atoms with Crippen molar-refractivity contribution < 1.29 is 9.53 Å². The van der Waals surface area contributed by atoms with E-state index >= 15 is 0 Å². The van der Waals surface area contributed by atoms with E-state index in [0.717, 1.165) is 0 Å². The lowest BCUT2D eigenvalue weighted by Crippen LogP contribution is -2.10. The maximum Gasteiger partial charge on any atom is 0.333 e. The molecule has 4 nitrogen and oxygen atoms in total. The van der Waals surface area contributed by atoms with E-state index in [4.69, 9.17) is 27.9 Å². The fraction of sp³-hybridized carbons (Fsp3) is 0.300. The highest BCUT2D eigenvalue weighted by molar-refractivity contribution is 6.32. The van der Waals surface area contributed by atoms with Crippen molar-refractivity contribution in [3.8, 4) is 0 Å². The average Bonchev–Trinajstić information content (AvgIpc) is 2.22. The van der Waals surface area contributed by atoms with Gasteiger partial charge >= 0.3 is 5.97 Å². The van der Waals surface area contributed by atoms with E-state index in [-0.39, 0.29) is 22.3 Å². The monoisotopic (exact) mass is 260 g/mol. The Labute approximate surface area is 103 Å². The van der Waals surface area contributed by atoms with E-state index in [9.17, 15) is 4.79 Å². The fourth-order valence-electron chi connectivity index (χ4n) is 0.998. The maximum absolute atomic E-state index is 11.3. The summed E-state index contributed by atoms with van der Waals surface area (Å²) in [6, 6.07) is 0. The van der Waals surface area contributed by atoms with Crippen LogP contribution in [-0.4, -0.2) is 22.5 Å². The molecule has 1 heterocycles. The van der Waals surface area contributed by atoms with Gasteiger partial charge in [-0.1, -0.05) is 29.8 Å². The largest absolute Gasteiger partial charge is 0.463 e. The lowest BCUT2D eigenvalue weighted by Gasteiger charge is -2.05. The summed E-state index contributed by atoms with van der Waals surface area (Å²) < 4.78 is 4.78. The molecule has 0 aromatic carbocycles. The molecule has 0 radical (unpaired) electrons. The standard InChI is InChI=1S/C10H10Cl2N2O2/c1-3-16-10(15)6(2)4-7-9(12)14-8(11)5-13-7/h5H,2-4H2,1H3. The van der Waals surface area contributed by atoms with E-state index in [1.54, 1.807) is 6.92 Å². The van der Waals surface area contributed by atoms with Gasteiger partial charge in [-0.15, -0.1) is 0 Å². The molecule has 0 atom stereocenters. The smallest absolute Gasteiger partial charge is 0.333 e. The molecule has 1 rings (SSSR count). The van der Waals surface area contributed by atoms with Crippen LogP contribution in [0.1, 0.15) is 12.6 Å². The zero-order valence-corrected chi connectivity index (χ0v) is 10.2. The molecule has 0 aliphatic carbocycles. The van der Waals surface area contributed by atoms with E-state index < -0.39 is 5.97 Å². The van der Waals surface area contributed by atoms with Gasteiger partial charge in [0.1, 0.15) is 5.15 Å². The van der Waals surface area contributed by atoms with Gasteiger partial charge in [0.2, 0.25) is 0 Å². The molecule has 6 heteroatoms. The summed E-state index contributed by atoms with van der Waals surface area (Å²) in [6.07, 6.45) is 1.56. The minimum atomic E-state index is -0.463. The number of ether oxygens (including phenoxy) is 1. The van der Waals surface area contributed by atoms with Gasteiger partial charge in [0.15, 0.2) is 5.15 Å². The second-order valence-electron chi connectivity index (χ2n) is 2.93. The number of rotatable bonds is 4. The SMILES string of the molecule is C=C(Cc1ncc(Cl)nc1Cl)C(=O)OCC. The summed E-state index contributed by atoms with van der Waals surface area (Å²) in [7, 11) is 0. The van der Waals surface area contributed by atoms with Crippen molar-refractivity contribution in [3.05, 3.63) is 34.3 Å².